The lowest BCUT2D eigenvalue weighted by Gasteiger charge is -2.31. The van der Waals surface area contributed by atoms with Gasteiger partial charge in [0.25, 0.3) is 5.56 Å². The summed E-state index contributed by atoms with van der Waals surface area (Å²) < 4.78 is 1.55. The highest BCUT2D eigenvalue weighted by Crippen LogP contribution is 2.20. The van der Waals surface area contributed by atoms with Crippen molar-refractivity contribution in [1.29, 1.82) is 0 Å². The van der Waals surface area contributed by atoms with Gasteiger partial charge in [-0.05, 0) is 31.7 Å². The van der Waals surface area contributed by atoms with Crippen LogP contribution in [-0.4, -0.2) is 33.7 Å². The molecule has 6 nitrogen and oxygen atoms in total. The molecule has 0 bridgehead atoms. The third-order valence-corrected chi connectivity index (χ3v) is 4.58. The Hall–Kier alpha value is -2.21. The van der Waals surface area contributed by atoms with Crippen LogP contribution in [0.25, 0.3) is 10.8 Å². The van der Waals surface area contributed by atoms with Crippen molar-refractivity contribution in [3.63, 3.8) is 0 Å². The van der Waals surface area contributed by atoms with Gasteiger partial charge in [0, 0.05) is 24.9 Å². The molecule has 122 valence electrons. The van der Waals surface area contributed by atoms with Crippen molar-refractivity contribution in [2.45, 2.75) is 32.9 Å². The van der Waals surface area contributed by atoms with Crippen LogP contribution in [0.1, 0.15) is 25.0 Å². The summed E-state index contributed by atoms with van der Waals surface area (Å²) >= 11 is 0. The van der Waals surface area contributed by atoms with E-state index in [0.717, 1.165) is 37.0 Å². The Morgan fingerprint density at radius 2 is 1.91 bits per heavy atom. The molecule has 0 spiro atoms. The van der Waals surface area contributed by atoms with Crippen molar-refractivity contribution in [3.05, 3.63) is 40.3 Å². The third kappa shape index (κ3) is 3.42. The minimum absolute atomic E-state index is 0.0505. The van der Waals surface area contributed by atoms with E-state index < -0.39 is 0 Å². The van der Waals surface area contributed by atoms with E-state index in [4.69, 9.17) is 5.73 Å². The summed E-state index contributed by atoms with van der Waals surface area (Å²) in [6.07, 6.45) is 2.33. The summed E-state index contributed by atoms with van der Waals surface area (Å²) in [5.41, 5.74) is 6.08. The second-order valence-corrected chi connectivity index (χ2v) is 6.31. The average Bonchev–Trinajstić information content (AvgIpc) is 2.54. The molecule has 1 aliphatic heterocycles. The van der Waals surface area contributed by atoms with Crippen LogP contribution in [0.2, 0.25) is 0 Å². The summed E-state index contributed by atoms with van der Waals surface area (Å²) in [5, 5.41) is 6.07. The lowest BCUT2D eigenvalue weighted by molar-refractivity contribution is -0.119. The number of aryl methyl sites for hydroxylation is 1. The normalized spacial score (nSPS) is 16.7. The summed E-state index contributed by atoms with van der Waals surface area (Å²) in [4.78, 5) is 25.8. The monoisotopic (exact) mass is 314 g/mol. The van der Waals surface area contributed by atoms with Gasteiger partial charge in [-0.2, -0.15) is 5.10 Å². The van der Waals surface area contributed by atoms with Crippen molar-refractivity contribution < 1.29 is 4.79 Å². The van der Waals surface area contributed by atoms with E-state index in [1.54, 1.807) is 4.68 Å². The van der Waals surface area contributed by atoms with Gasteiger partial charge >= 0.3 is 0 Å². The van der Waals surface area contributed by atoms with Gasteiger partial charge in [0.05, 0.1) is 17.7 Å². The van der Waals surface area contributed by atoms with Crippen molar-refractivity contribution in [3.8, 4) is 0 Å². The van der Waals surface area contributed by atoms with E-state index in [1.807, 2.05) is 31.2 Å². The zero-order valence-corrected chi connectivity index (χ0v) is 13.4. The molecule has 23 heavy (non-hydrogen) atoms. The first-order valence-corrected chi connectivity index (χ1v) is 8.01. The maximum absolute atomic E-state index is 12.6. The number of nitrogens with two attached hydrogens (primary N) is 1. The number of likely N-dealkylation sites (tertiary alicyclic amines) is 1. The number of piperidine rings is 1. The summed E-state index contributed by atoms with van der Waals surface area (Å²) in [5.74, 6) is 0.137. The third-order valence-electron chi connectivity index (χ3n) is 4.58. The largest absolute Gasteiger partial charge is 0.370 e. The predicted molar refractivity (Wildman–Crippen MR) is 88.8 cm³/mol. The van der Waals surface area contributed by atoms with Gasteiger partial charge in [-0.3, -0.25) is 14.5 Å². The Morgan fingerprint density at radius 1 is 1.26 bits per heavy atom. The molecule has 1 aromatic heterocycles. The Labute approximate surface area is 134 Å². The van der Waals surface area contributed by atoms with Crippen LogP contribution >= 0.6 is 0 Å². The zero-order valence-electron chi connectivity index (χ0n) is 13.4. The number of rotatable bonds is 4. The quantitative estimate of drug-likeness (QED) is 0.921. The van der Waals surface area contributed by atoms with E-state index >= 15 is 0 Å². The molecule has 3 rings (SSSR count). The zero-order chi connectivity index (χ0) is 16.4. The van der Waals surface area contributed by atoms with Gasteiger partial charge in [0.1, 0.15) is 0 Å². The molecule has 1 aromatic carbocycles. The van der Waals surface area contributed by atoms with Crippen LogP contribution in [0, 0.1) is 12.8 Å². The number of fused-ring (bicyclic) bond motifs is 1. The number of nitrogens with zero attached hydrogens (tertiary/aromatic N) is 3. The van der Waals surface area contributed by atoms with Crippen LogP contribution in [0.15, 0.2) is 29.1 Å². The van der Waals surface area contributed by atoms with Crippen LogP contribution in [-0.2, 0) is 11.5 Å². The second kappa shape index (κ2) is 6.50. The number of hydrogen-bond acceptors (Lipinski definition) is 4. The minimum Gasteiger partial charge on any atom is -0.370 e. The lowest BCUT2D eigenvalue weighted by atomic mass is 9.93. The first-order chi connectivity index (χ1) is 11.0. The molecular weight excluding hydrogens is 292 g/mol. The van der Waals surface area contributed by atoms with Gasteiger partial charge in [-0.25, -0.2) is 4.68 Å². The Morgan fingerprint density at radius 3 is 2.57 bits per heavy atom. The molecule has 0 saturated carbocycles. The molecule has 0 radical (unpaired) electrons. The average molecular weight is 314 g/mol. The molecule has 2 aromatic rings. The second-order valence-electron chi connectivity index (χ2n) is 6.31. The van der Waals surface area contributed by atoms with E-state index in [-0.39, 0.29) is 11.5 Å². The smallest absolute Gasteiger partial charge is 0.275 e. The Balaban J connectivity index is 1.74. The summed E-state index contributed by atoms with van der Waals surface area (Å²) in [6, 6.07) is 7.58. The number of hydrogen-bond donors (Lipinski definition) is 1. The maximum Gasteiger partial charge on any atom is 0.275 e. The first-order valence-electron chi connectivity index (χ1n) is 8.01. The van der Waals surface area contributed by atoms with E-state index in [0.29, 0.717) is 24.4 Å². The number of primary amides is 1. The SMILES string of the molecule is Cc1nn(CN2CCC(CC(N)=O)CC2)c(=O)c2ccccc12. The highest BCUT2D eigenvalue weighted by atomic mass is 16.1. The van der Waals surface area contributed by atoms with Gasteiger partial charge < -0.3 is 5.73 Å². The number of benzene rings is 1. The topological polar surface area (TPSA) is 81.2 Å². The molecule has 0 atom stereocenters. The van der Waals surface area contributed by atoms with Gasteiger partial charge in [0.15, 0.2) is 0 Å². The highest BCUT2D eigenvalue weighted by molar-refractivity contribution is 5.83. The van der Waals surface area contributed by atoms with Gasteiger partial charge in [-0.15, -0.1) is 0 Å². The lowest BCUT2D eigenvalue weighted by Crippen LogP contribution is -2.39. The molecule has 2 N–H and O–H groups in total. The first kappa shape index (κ1) is 15.7. The van der Waals surface area contributed by atoms with Crippen LogP contribution in [0.4, 0.5) is 0 Å². The van der Waals surface area contributed by atoms with Crippen LogP contribution in [0.5, 0.6) is 0 Å². The fraction of sp³-hybridized carbons (Fsp3) is 0.471. The molecule has 6 heteroatoms. The highest BCUT2D eigenvalue weighted by Gasteiger charge is 2.21. The van der Waals surface area contributed by atoms with E-state index in [9.17, 15) is 9.59 Å². The van der Waals surface area contributed by atoms with E-state index in [1.165, 1.54) is 0 Å². The van der Waals surface area contributed by atoms with E-state index in [2.05, 4.69) is 10.00 Å². The van der Waals surface area contributed by atoms with Crippen LogP contribution in [0.3, 0.4) is 0 Å². The molecule has 0 aliphatic carbocycles. The summed E-state index contributed by atoms with van der Waals surface area (Å²) in [6.45, 7) is 4.14. The Bertz CT molecular complexity index is 776. The van der Waals surface area contributed by atoms with Gasteiger partial charge in [-0.1, -0.05) is 18.2 Å². The predicted octanol–water partition coefficient (Wildman–Crippen LogP) is 1.25. The fourth-order valence-electron chi connectivity index (χ4n) is 3.31. The maximum atomic E-state index is 12.6. The fourth-order valence-corrected chi connectivity index (χ4v) is 3.31. The molecule has 0 unspecified atom stereocenters. The van der Waals surface area contributed by atoms with Crippen molar-refractivity contribution in [2.75, 3.05) is 13.1 Å². The molecule has 1 fully saturated rings. The molecule has 1 amide bonds. The standard InChI is InChI=1S/C17H22N4O2/c1-12-14-4-2-3-5-15(14)17(23)21(19-12)11-20-8-6-13(7-9-20)10-16(18)22/h2-5,13H,6-11H2,1H3,(H2,18,22). The molecular formula is C17H22N4O2. The molecule has 1 aliphatic rings. The van der Waals surface area contributed by atoms with Crippen molar-refractivity contribution in [1.82, 2.24) is 14.7 Å². The minimum atomic E-state index is -0.230. The number of amides is 1. The molecule has 1 saturated heterocycles. The van der Waals surface area contributed by atoms with Crippen molar-refractivity contribution >= 4 is 16.7 Å². The Kier molecular flexibility index (Phi) is 4.43. The van der Waals surface area contributed by atoms with Crippen molar-refractivity contribution in [2.24, 2.45) is 11.7 Å². The number of carbonyl (C=O) groups excluding carboxylic acids is 1. The number of aromatic nitrogens is 2. The van der Waals surface area contributed by atoms with Crippen LogP contribution < -0.4 is 11.3 Å². The summed E-state index contributed by atoms with van der Waals surface area (Å²) in [7, 11) is 0. The number of carbonyl (C=O) groups is 1. The van der Waals surface area contributed by atoms with Gasteiger partial charge in [0.2, 0.25) is 5.91 Å². The molecule has 2 heterocycles.